The average Bonchev–Trinajstić information content (AvgIpc) is 2.69. The van der Waals surface area contributed by atoms with Crippen molar-refractivity contribution in [2.24, 2.45) is 5.92 Å². The molecule has 8 heteroatoms. The second-order valence-corrected chi connectivity index (χ2v) is 6.49. The summed E-state index contributed by atoms with van der Waals surface area (Å²) in [6.45, 7) is 3.23. The molecule has 2 aromatic rings. The van der Waals surface area contributed by atoms with Crippen molar-refractivity contribution in [1.29, 1.82) is 0 Å². The maximum Gasteiger partial charge on any atom is 0.308 e. The summed E-state index contributed by atoms with van der Waals surface area (Å²) in [6.07, 6.45) is 3.37. The van der Waals surface area contributed by atoms with E-state index in [2.05, 4.69) is 25.1 Å². The van der Waals surface area contributed by atoms with Crippen molar-refractivity contribution in [1.82, 2.24) is 14.9 Å². The van der Waals surface area contributed by atoms with Gasteiger partial charge in [0.15, 0.2) is 0 Å². The summed E-state index contributed by atoms with van der Waals surface area (Å²) in [6, 6.07) is 10.8. The van der Waals surface area contributed by atoms with Crippen molar-refractivity contribution in [3.8, 4) is 0 Å². The van der Waals surface area contributed by atoms with Gasteiger partial charge >= 0.3 is 5.97 Å². The number of nitrogens with one attached hydrogen (secondary N) is 1. The van der Waals surface area contributed by atoms with Crippen LogP contribution in [0.3, 0.4) is 0 Å². The molecule has 1 aliphatic rings. The molecule has 142 valence electrons. The van der Waals surface area contributed by atoms with Crippen LogP contribution in [0.2, 0.25) is 0 Å². The third-order valence-electron chi connectivity index (χ3n) is 4.52. The molecule has 1 aromatic carbocycles. The molecule has 8 nitrogen and oxygen atoms in total. The first-order chi connectivity index (χ1) is 13.1. The summed E-state index contributed by atoms with van der Waals surface area (Å²) in [5.74, 6) is -1.29. The van der Waals surface area contributed by atoms with E-state index >= 15 is 0 Å². The monoisotopic (exact) mass is 369 g/mol. The Morgan fingerprint density at radius 1 is 1.04 bits per heavy atom. The van der Waals surface area contributed by atoms with Crippen LogP contribution in [0.1, 0.15) is 6.42 Å². The second-order valence-electron chi connectivity index (χ2n) is 6.49. The number of hydrogen-bond donors (Lipinski definition) is 2. The van der Waals surface area contributed by atoms with Gasteiger partial charge in [-0.2, -0.15) is 0 Å². The molecule has 2 N–H and O–H groups in total. The highest BCUT2D eigenvalue weighted by Gasteiger charge is 2.27. The van der Waals surface area contributed by atoms with Gasteiger partial charge in [-0.3, -0.25) is 14.5 Å². The Labute approximate surface area is 157 Å². The molecule has 1 aromatic heterocycles. The zero-order chi connectivity index (χ0) is 19.1. The number of amides is 1. The largest absolute Gasteiger partial charge is 0.481 e. The number of benzene rings is 1. The summed E-state index contributed by atoms with van der Waals surface area (Å²) in [5, 5.41) is 12.3. The topological polar surface area (TPSA) is 98.7 Å². The van der Waals surface area contributed by atoms with Crippen molar-refractivity contribution in [3.63, 3.8) is 0 Å². The molecule has 0 saturated carbocycles. The molecule has 0 radical (unpaired) electrons. The molecular formula is C19H23N5O3. The molecule has 1 saturated heterocycles. The first-order valence-corrected chi connectivity index (χ1v) is 8.94. The lowest BCUT2D eigenvalue weighted by atomic mass is 10.0. The van der Waals surface area contributed by atoms with E-state index in [0.29, 0.717) is 31.3 Å². The minimum atomic E-state index is -0.952. The summed E-state index contributed by atoms with van der Waals surface area (Å²) in [7, 11) is 0. The van der Waals surface area contributed by atoms with Crippen molar-refractivity contribution in [2.45, 2.75) is 6.42 Å². The molecular weight excluding hydrogens is 346 g/mol. The van der Waals surface area contributed by atoms with Crippen LogP contribution in [0.25, 0.3) is 0 Å². The van der Waals surface area contributed by atoms with Gasteiger partial charge in [-0.05, 0) is 18.2 Å². The lowest BCUT2D eigenvalue weighted by Crippen LogP contribution is -2.49. The molecule has 0 bridgehead atoms. The number of piperazine rings is 1. The average molecular weight is 369 g/mol. The van der Waals surface area contributed by atoms with E-state index in [0.717, 1.165) is 13.1 Å². The van der Waals surface area contributed by atoms with E-state index in [-0.39, 0.29) is 12.3 Å². The van der Waals surface area contributed by atoms with E-state index in [4.69, 9.17) is 0 Å². The third kappa shape index (κ3) is 5.49. The van der Waals surface area contributed by atoms with Gasteiger partial charge in [-0.1, -0.05) is 18.2 Å². The smallest absolute Gasteiger partial charge is 0.308 e. The zero-order valence-corrected chi connectivity index (χ0v) is 15.0. The van der Waals surface area contributed by atoms with E-state index in [1.807, 2.05) is 18.2 Å². The Kier molecular flexibility index (Phi) is 6.32. The van der Waals surface area contributed by atoms with Crippen LogP contribution in [0.15, 0.2) is 48.8 Å². The van der Waals surface area contributed by atoms with Crippen molar-refractivity contribution >= 4 is 23.5 Å². The molecule has 1 fully saturated rings. The number of hydrogen-bond acceptors (Lipinski definition) is 6. The van der Waals surface area contributed by atoms with Crippen LogP contribution in [-0.4, -0.2) is 64.6 Å². The number of carbonyl (C=O) groups is 2. The Hall–Kier alpha value is -3.00. The Morgan fingerprint density at radius 2 is 1.70 bits per heavy atom. The predicted molar refractivity (Wildman–Crippen MR) is 101 cm³/mol. The number of para-hydroxylation sites is 1. The summed E-state index contributed by atoms with van der Waals surface area (Å²) in [4.78, 5) is 36.4. The lowest BCUT2D eigenvalue weighted by Gasteiger charge is -2.35. The highest BCUT2D eigenvalue weighted by atomic mass is 16.4. The predicted octanol–water partition coefficient (Wildman–Crippen LogP) is 1.33. The Morgan fingerprint density at radius 3 is 2.33 bits per heavy atom. The number of anilines is 2. The highest BCUT2D eigenvalue weighted by molar-refractivity contribution is 5.93. The van der Waals surface area contributed by atoms with Gasteiger partial charge in [-0.15, -0.1) is 0 Å². The molecule has 1 aliphatic heterocycles. The molecule has 1 amide bonds. The summed E-state index contributed by atoms with van der Waals surface area (Å²) >= 11 is 0. The van der Waals surface area contributed by atoms with Gasteiger partial charge < -0.3 is 15.3 Å². The van der Waals surface area contributed by atoms with Crippen LogP contribution in [0.5, 0.6) is 0 Å². The molecule has 0 aliphatic carbocycles. The molecule has 0 spiro atoms. The van der Waals surface area contributed by atoms with Gasteiger partial charge in [0, 0.05) is 57.2 Å². The standard InChI is InChI=1S/C19H23N5O3/c25-17(22-16-5-2-1-3-6-16)13-15(18(26)27)14-23-9-11-24(12-10-23)19-20-7-4-8-21-19/h1-8,15H,9-14H2,(H,22,25)(H,26,27). The van der Waals surface area contributed by atoms with Crippen LogP contribution in [0.4, 0.5) is 11.6 Å². The number of aliphatic carboxylic acids is 1. The fraction of sp³-hybridized carbons (Fsp3) is 0.368. The zero-order valence-electron chi connectivity index (χ0n) is 15.0. The van der Waals surface area contributed by atoms with E-state index in [1.165, 1.54) is 0 Å². The molecule has 2 heterocycles. The van der Waals surface area contributed by atoms with Gasteiger partial charge in [-0.25, -0.2) is 9.97 Å². The SMILES string of the molecule is O=C(CC(CN1CCN(c2ncccn2)CC1)C(=O)O)Nc1ccccc1. The minimum absolute atomic E-state index is 0.0494. The van der Waals surface area contributed by atoms with Crippen molar-refractivity contribution in [2.75, 3.05) is 42.9 Å². The Bertz CT molecular complexity index is 748. The Balaban J connectivity index is 1.50. The maximum atomic E-state index is 12.2. The van der Waals surface area contributed by atoms with E-state index < -0.39 is 11.9 Å². The van der Waals surface area contributed by atoms with Gasteiger partial charge in [0.05, 0.1) is 5.92 Å². The molecule has 1 unspecified atom stereocenters. The first kappa shape index (κ1) is 18.8. The van der Waals surface area contributed by atoms with Gasteiger partial charge in [0.25, 0.3) is 0 Å². The first-order valence-electron chi connectivity index (χ1n) is 8.94. The second kappa shape index (κ2) is 9.09. The molecule has 1 atom stereocenters. The summed E-state index contributed by atoms with van der Waals surface area (Å²) in [5.41, 5.74) is 0.670. The van der Waals surface area contributed by atoms with E-state index in [1.54, 1.807) is 30.6 Å². The number of carboxylic acids is 1. The molecule has 27 heavy (non-hydrogen) atoms. The van der Waals surface area contributed by atoms with Crippen molar-refractivity contribution < 1.29 is 14.7 Å². The summed E-state index contributed by atoms with van der Waals surface area (Å²) < 4.78 is 0. The maximum absolute atomic E-state index is 12.2. The number of carboxylic acid groups (broad SMARTS) is 1. The van der Waals surface area contributed by atoms with Crippen LogP contribution in [0, 0.1) is 5.92 Å². The van der Waals surface area contributed by atoms with Crippen LogP contribution >= 0.6 is 0 Å². The highest BCUT2D eigenvalue weighted by Crippen LogP contribution is 2.14. The lowest BCUT2D eigenvalue weighted by molar-refractivity contribution is -0.144. The molecule has 3 rings (SSSR count). The van der Waals surface area contributed by atoms with Crippen molar-refractivity contribution in [3.05, 3.63) is 48.8 Å². The third-order valence-corrected chi connectivity index (χ3v) is 4.52. The fourth-order valence-corrected chi connectivity index (χ4v) is 3.08. The minimum Gasteiger partial charge on any atom is -0.481 e. The normalized spacial score (nSPS) is 15.9. The number of nitrogens with zero attached hydrogens (tertiary/aromatic N) is 4. The van der Waals surface area contributed by atoms with Gasteiger partial charge in [0.1, 0.15) is 0 Å². The number of aromatic nitrogens is 2. The number of rotatable bonds is 7. The number of carbonyl (C=O) groups excluding carboxylic acids is 1. The van der Waals surface area contributed by atoms with E-state index in [9.17, 15) is 14.7 Å². The van der Waals surface area contributed by atoms with Crippen LogP contribution in [-0.2, 0) is 9.59 Å². The quantitative estimate of drug-likeness (QED) is 0.760. The fourth-order valence-electron chi connectivity index (χ4n) is 3.08. The van der Waals surface area contributed by atoms with Crippen LogP contribution < -0.4 is 10.2 Å². The van der Waals surface area contributed by atoms with Gasteiger partial charge in [0.2, 0.25) is 11.9 Å².